The molecule has 6 atom stereocenters. The summed E-state index contributed by atoms with van der Waals surface area (Å²) in [6.45, 7) is 7.09. The number of methoxy groups -OCH3 is 1. The molecule has 0 aromatic heterocycles. The molecule has 0 aromatic rings. The maximum Gasteiger partial charge on any atom is 0.408 e. The molecule has 6 unspecified atom stereocenters. The van der Waals surface area contributed by atoms with E-state index in [1.54, 1.807) is 7.11 Å². The average Bonchev–Trinajstić information content (AvgIpc) is 3.61. The summed E-state index contributed by atoms with van der Waals surface area (Å²) in [6.07, 6.45) is 8.20. The second kappa shape index (κ2) is 8.65. The van der Waals surface area contributed by atoms with E-state index >= 15 is 0 Å². The predicted molar refractivity (Wildman–Crippen MR) is 116 cm³/mol. The first-order valence-electron chi connectivity index (χ1n) is 11.8. The number of ether oxygens (including phenoxy) is 4. The molecule has 2 aliphatic heterocycles. The van der Waals surface area contributed by atoms with Crippen LogP contribution in [-0.2, 0) is 18.9 Å². The number of hydrogen-bond acceptors (Lipinski definition) is 6. The highest BCUT2D eigenvalue weighted by molar-refractivity contribution is 5.68. The van der Waals surface area contributed by atoms with Crippen LogP contribution in [0, 0.1) is 5.92 Å². The summed E-state index contributed by atoms with van der Waals surface area (Å²) in [5.41, 5.74) is 0.327. The lowest BCUT2D eigenvalue weighted by atomic mass is 9.76. The smallest absolute Gasteiger partial charge is 0.408 e. The molecule has 1 amide bonds. The van der Waals surface area contributed by atoms with Crippen molar-refractivity contribution in [1.29, 1.82) is 0 Å². The van der Waals surface area contributed by atoms with E-state index in [1.807, 2.05) is 0 Å². The van der Waals surface area contributed by atoms with Crippen molar-refractivity contribution in [2.24, 2.45) is 5.92 Å². The van der Waals surface area contributed by atoms with Crippen molar-refractivity contribution in [3.63, 3.8) is 0 Å². The highest BCUT2D eigenvalue weighted by Crippen LogP contribution is 2.58. The highest BCUT2D eigenvalue weighted by atomic mass is 16.6. The number of allylic oxidation sites excluding steroid dienone is 1. The van der Waals surface area contributed by atoms with Crippen LogP contribution in [0.5, 0.6) is 0 Å². The Labute approximate surface area is 185 Å². The molecular formula is C24H39NO6. The van der Waals surface area contributed by atoms with E-state index in [2.05, 4.69) is 32.2 Å². The molecule has 1 spiro atoms. The van der Waals surface area contributed by atoms with Crippen molar-refractivity contribution < 1.29 is 28.8 Å². The normalized spacial score (nSPS) is 40.8. The molecule has 0 aromatic carbocycles. The molecular weight excluding hydrogens is 398 g/mol. The average molecular weight is 438 g/mol. The lowest BCUT2D eigenvalue weighted by Gasteiger charge is -2.31. The number of epoxide rings is 2. The third-order valence-corrected chi connectivity index (χ3v) is 8.09. The number of hydrogen-bond donors (Lipinski definition) is 2. The van der Waals surface area contributed by atoms with E-state index in [1.165, 1.54) is 5.57 Å². The Bertz CT molecular complexity index is 694. The number of alkyl carbamates (subject to hydrolysis) is 1. The Morgan fingerprint density at radius 2 is 1.94 bits per heavy atom. The summed E-state index contributed by atoms with van der Waals surface area (Å²) in [6, 6.07) is 0. The maximum absolute atomic E-state index is 12.7. The summed E-state index contributed by atoms with van der Waals surface area (Å²) in [5, 5.41) is 12.7. The van der Waals surface area contributed by atoms with Crippen LogP contribution in [0.2, 0.25) is 0 Å². The van der Waals surface area contributed by atoms with Crippen molar-refractivity contribution in [3.05, 3.63) is 11.6 Å². The third-order valence-electron chi connectivity index (χ3n) is 8.09. The molecule has 7 nitrogen and oxygen atoms in total. The SMILES string of the molecule is COC1CC(C2(C)OC2CC=C(C)C)C2(CCC1OC(=O)NC1(CO)CCCC1)CO2. The van der Waals surface area contributed by atoms with Crippen LogP contribution in [-0.4, -0.2) is 66.6 Å². The zero-order valence-electron chi connectivity index (χ0n) is 19.4. The zero-order chi connectivity index (χ0) is 22.3. The molecule has 7 heteroatoms. The first kappa shape index (κ1) is 23.0. The summed E-state index contributed by atoms with van der Waals surface area (Å²) >= 11 is 0. The van der Waals surface area contributed by atoms with Crippen LogP contribution in [0.1, 0.15) is 72.1 Å². The van der Waals surface area contributed by atoms with E-state index in [0.29, 0.717) is 6.42 Å². The second-order valence-electron chi connectivity index (χ2n) is 10.5. The largest absolute Gasteiger partial charge is 0.443 e. The minimum absolute atomic E-state index is 0.0533. The van der Waals surface area contributed by atoms with Crippen LogP contribution >= 0.6 is 0 Å². The van der Waals surface area contributed by atoms with Gasteiger partial charge in [0.2, 0.25) is 0 Å². The molecule has 0 radical (unpaired) electrons. The fraction of sp³-hybridized carbons (Fsp3) is 0.875. The Morgan fingerprint density at radius 1 is 1.23 bits per heavy atom. The van der Waals surface area contributed by atoms with Gasteiger partial charge in [0.1, 0.15) is 6.10 Å². The van der Waals surface area contributed by atoms with Gasteiger partial charge < -0.3 is 29.4 Å². The molecule has 2 saturated heterocycles. The molecule has 4 aliphatic rings. The first-order chi connectivity index (χ1) is 14.8. The lowest BCUT2D eigenvalue weighted by Crippen LogP contribution is -2.51. The summed E-state index contributed by atoms with van der Waals surface area (Å²) < 4.78 is 24.0. The van der Waals surface area contributed by atoms with Crippen molar-refractivity contribution >= 4 is 6.09 Å². The Kier molecular flexibility index (Phi) is 6.43. The van der Waals surface area contributed by atoms with Crippen LogP contribution in [0.15, 0.2) is 11.6 Å². The van der Waals surface area contributed by atoms with Gasteiger partial charge in [-0.1, -0.05) is 24.5 Å². The Hall–Kier alpha value is -1.15. The van der Waals surface area contributed by atoms with Crippen LogP contribution in [0.25, 0.3) is 0 Å². The number of aliphatic hydroxyl groups excluding tert-OH is 1. The van der Waals surface area contributed by atoms with Gasteiger partial charge in [-0.05, 0) is 59.3 Å². The number of amides is 1. The predicted octanol–water partition coefficient (Wildman–Crippen LogP) is 3.48. The summed E-state index contributed by atoms with van der Waals surface area (Å²) in [4.78, 5) is 12.7. The molecule has 2 saturated carbocycles. The number of nitrogens with one attached hydrogen (secondary N) is 1. The highest BCUT2D eigenvalue weighted by Gasteiger charge is 2.68. The number of rotatable bonds is 7. The minimum Gasteiger partial charge on any atom is -0.443 e. The molecule has 0 bridgehead atoms. The molecule has 2 heterocycles. The van der Waals surface area contributed by atoms with E-state index in [4.69, 9.17) is 18.9 Å². The Morgan fingerprint density at radius 3 is 2.52 bits per heavy atom. The fourth-order valence-electron chi connectivity index (χ4n) is 5.88. The lowest BCUT2D eigenvalue weighted by molar-refractivity contribution is -0.0369. The monoisotopic (exact) mass is 437 g/mol. The van der Waals surface area contributed by atoms with Crippen LogP contribution in [0.4, 0.5) is 4.79 Å². The molecule has 4 rings (SSSR count). The van der Waals surface area contributed by atoms with Crippen molar-refractivity contribution in [2.75, 3.05) is 20.3 Å². The molecule has 31 heavy (non-hydrogen) atoms. The van der Waals surface area contributed by atoms with Gasteiger partial charge in [-0.15, -0.1) is 0 Å². The van der Waals surface area contributed by atoms with Gasteiger partial charge in [0.15, 0.2) is 0 Å². The molecule has 176 valence electrons. The molecule has 2 aliphatic carbocycles. The summed E-state index contributed by atoms with van der Waals surface area (Å²) in [7, 11) is 1.69. The first-order valence-corrected chi connectivity index (χ1v) is 11.8. The van der Waals surface area contributed by atoms with Gasteiger partial charge in [-0.25, -0.2) is 4.79 Å². The van der Waals surface area contributed by atoms with Crippen LogP contribution in [0.3, 0.4) is 0 Å². The number of carbonyl (C=O) groups excluding carboxylic acids is 1. The minimum atomic E-state index is -0.540. The quantitative estimate of drug-likeness (QED) is 0.468. The van der Waals surface area contributed by atoms with Gasteiger partial charge in [0.25, 0.3) is 0 Å². The molecule has 4 fully saturated rings. The van der Waals surface area contributed by atoms with E-state index in [9.17, 15) is 9.90 Å². The Balaban J connectivity index is 1.42. The van der Waals surface area contributed by atoms with Gasteiger partial charge in [0.05, 0.1) is 42.2 Å². The zero-order valence-corrected chi connectivity index (χ0v) is 19.4. The van der Waals surface area contributed by atoms with Gasteiger partial charge in [0, 0.05) is 13.0 Å². The van der Waals surface area contributed by atoms with Gasteiger partial charge >= 0.3 is 6.09 Å². The topological polar surface area (TPSA) is 92.9 Å². The number of aliphatic hydroxyl groups is 1. The van der Waals surface area contributed by atoms with E-state index in [-0.39, 0.29) is 42.0 Å². The number of carbonyl (C=O) groups is 1. The van der Waals surface area contributed by atoms with Gasteiger partial charge in [-0.3, -0.25) is 0 Å². The van der Waals surface area contributed by atoms with Crippen molar-refractivity contribution in [1.82, 2.24) is 5.32 Å². The van der Waals surface area contributed by atoms with Gasteiger partial charge in [-0.2, -0.15) is 0 Å². The fourth-order valence-corrected chi connectivity index (χ4v) is 5.88. The van der Waals surface area contributed by atoms with E-state index in [0.717, 1.165) is 51.6 Å². The molecule has 2 N–H and O–H groups in total. The third kappa shape index (κ3) is 4.65. The van der Waals surface area contributed by atoms with Crippen molar-refractivity contribution in [3.8, 4) is 0 Å². The summed E-state index contributed by atoms with van der Waals surface area (Å²) in [5.74, 6) is 0.204. The second-order valence-corrected chi connectivity index (χ2v) is 10.5. The maximum atomic E-state index is 12.7. The van der Waals surface area contributed by atoms with Crippen LogP contribution < -0.4 is 5.32 Å². The van der Waals surface area contributed by atoms with E-state index < -0.39 is 11.6 Å². The van der Waals surface area contributed by atoms with Crippen molar-refractivity contribution in [2.45, 2.75) is 107 Å². The standard InChI is InChI=1S/C24H39NO6/c1-16(2)7-8-20-22(3,31-20)19-13-18(28-4)17(9-12-24(19)15-29-24)30-21(27)25-23(14-26)10-5-6-11-23/h7,17-20,26H,5-6,8-15H2,1-4H3,(H,25,27).